The second kappa shape index (κ2) is 6.34. The molecule has 0 radical (unpaired) electrons. The molecule has 0 unspecified atom stereocenters. The lowest BCUT2D eigenvalue weighted by molar-refractivity contribution is -0.677. The van der Waals surface area contributed by atoms with Crippen LogP contribution in [0.5, 0.6) is 0 Å². The highest BCUT2D eigenvalue weighted by Gasteiger charge is 2.31. The highest BCUT2D eigenvalue weighted by molar-refractivity contribution is 7.85. The summed E-state index contributed by atoms with van der Waals surface area (Å²) in [6.07, 6.45) is 2.26. The highest BCUT2D eigenvalue weighted by Crippen LogP contribution is 2.35. The quantitative estimate of drug-likeness (QED) is 0.529. The molecule has 1 N–H and O–H groups in total. The Hall–Kier alpha value is -1.50. The summed E-state index contributed by atoms with van der Waals surface area (Å²) < 4.78 is 35.7. The molecule has 2 aromatic carbocycles. The van der Waals surface area contributed by atoms with E-state index in [1.165, 1.54) is 27.4 Å². The van der Waals surface area contributed by atoms with E-state index < -0.39 is 10.1 Å². The van der Waals surface area contributed by atoms with Gasteiger partial charge in [-0.25, -0.2) is 0 Å². The number of hydrogen-bond acceptors (Lipinski definition) is 3. The van der Waals surface area contributed by atoms with E-state index in [9.17, 15) is 13.0 Å². The molecule has 0 atom stereocenters. The van der Waals surface area contributed by atoms with Crippen LogP contribution in [0.25, 0.3) is 21.0 Å². The standard InChI is InChI=1S/C19H23NO3S2/c1-5-6-11-20-16-10-7-13-12-14(25(21,22)23)8-9-15(13)17(16)24-18(20)19(2,3)4/h7-10,12H,5-6,11H2,1-4H3/p+1. The van der Waals surface area contributed by atoms with Crippen LogP contribution in [0.15, 0.2) is 35.2 Å². The van der Waals surface area contributed by atoms with Crippen molar-refractivity contribution in [3.05, 3.63) is 35.3 Å². The Kier molecular flexibility index (Phi) is 4.64. The predicted octanol–water partition coefficient (Wildman–Crippen LogP) is 4.69. The Balaban J connectivity index is 2.31. The minimum atomic E-state index is -4.19. The normalized spacial score (nSPS) is 13.0. The van der Waals surface area contributed by atoms with Gasteiger partial charge in [0, 0.05) is 17.9 Å². The van der Waals surface area contributed by atoms with E-state index >= 15 is 0 Å². The van der Waals surface area contributed by atoms with E-state index in [0.29, 0.717) is 0 Å². The van der Waals surface area contributed by atoms with E-state index in [1.54, 1.807) is 17.4 Å². The van der Waals surface area contributed by atoms with Gasteiger partial charge in [-0.2, -0.15) is 13.0 Å². The lowest BCUT2D eigenvalue weighted by Gasteiger charge is -2.12. The SMILES string of the molecule is CCCC[n+]1c(C(C)(C)C)sc2c3ccc(S(=O)(=O)O)cc3ccc21. The minimum absolute atomic E-state index is 0.0398. The smallest absolute Gasteiger partial charge is 0.282 e. The van der Waals surface area contributed by atoms with Gasteiger partial charge in [0.05, 0.1) is 10.3 Å². The largest absolute Gasteiger partial charge is 0.294 e. The van der Waals surface area contributed by atoms with Crippen molar-refractivity contribution in [3.8, 4) is 0 Å². The zero-order valence-corrected chi connectivity index (χ0v) is 16.7. The summed E-state index contributed by atoms with van der Waals surface area (Å²) in [5, 5.41) is 3.17. The topological polar surface area (TPSA) is 58.2 Å². The number of hydrogen-bond donors (Lipinski definition) is 1. The first-order valence-electron chi connectivity index (χ1n) is 8.50. The van der Waals surface area contributed by atoms with Gasteiger partial charge in [0.1, 0.15) is 11.2 Å². The van der Waals surface area contributed by atoms with Crippen LogP contribution < -0.4 is 4.57 Å². The Labute approximate surface area is 152 Å². The first kappa shape index (κ1) is 18.3. The molecule has 134 valence electrons. The summed E-state index contributed by atoms with van der Waals surface area (Å²) in [6.45, 7) is 9.84. The number of fused-ring (bicyclic) bond motifs is 3. The van der Waals surface area contributed by atoms with Crippen LogP contribution in [0.2, 0.25) is 0 Å². The fraction of sp³-hybridized carbons (Fsp3) is 0.421. The molecule has 4 nitrogen and oxygen atoms in total. The van der Waals surface area contributed by atoms with Crippen LogP contribution in [-0.2, 0) is 22.1 Å². The number of aryl methyl sites for hydroxylation is 1. The third kappa shape index (κ3) is 3.43. The monoisotopic (exact) mass is 378 g/mol. The molecule has 0 saturated heterocycles. The number of unbranched alkanes of at least 4 members (excludes halogenated alkanes) is 1. The summed E-state index contributed by atoms with van der Waals surface area (Å²) in [4.78, 5) is -0.0641. The molecule has 0 aliphatic heterocycles. The van der Waals surface area contributed by atoms with E-state index in [2.05, 4.69) is 38.3 Å². The molecule has 0 aliphatic carbocycles. The van der Waals surface area contributed by atoms with Gasteiger partial charge in [0.25, 0.3) is 10.1 Å². The van der Waals surface area contributed by atoms with Gasteiger partial charge in [-0.15, -0.1) is 0 Å². The first-order valence-corrected chi connectivity index (χ1v) is 10.8. The van der Waals surface area contributed by atoms with Crippen LogP contribution in [-0.4, -0.2) is 13.0 Å². The maximum atomic E-state index is 11.4. The van der Waals surface area contributed by atoms with Crippen molar-refractivity contribution in [3.63, 3.8) is 0 Å². The summed E-state index contributed by atoms with van der Waals surface area (Å²) >= 11 is 1.78. The molecule has 1 heterocycles. The van der Waals surface area contributed by atoms with Gasteiger partial charge >= 0.3 is 0 Å². The van der Waals surface area contributed by atoms with Crippen LogP contribution in [0.1, 0.15) is 45.5 Å². The number of aromatic nitrogens is 1. The van der Waals surface area contributed by atoms with Crippen molar-refractivity contribution in [2.24, 2.45) is 0 Å². The van der Waals surface area contributed by atoms with Crippen LogP contribution in [0.3, 0.4) is 0 Å². The van der Waals surface area contributed by atoms with E-state index in [1.807, 2.05) is 6.07 Å². The van der Waals surface area contributed by atoms with Gasteiger partial charge in [-0.3, -0.25) is 4.55 Å². The van der Waals surface area contributed by atoms with E-state index in [-0.39, 0.29) is 10.3 Å². The Morgan fingerprint density at radius 3 is 2.48 bits per heavy atom. The fourth-order valence-electron chi connectivity index (χ4n) is 3.11. The Bertz CT molecular complexity index is 1040. The van der Waals surface area contributed by atoms with Gasteiger partial charge in [0.2, 0.25) is 10.5 Å². The fourth-order valence-corrected chi connectivity index (χ4v) is 5.00. The maximum absolute atomic E-state index is 11.4. The molecule has 0 amide bonds. The highest BCUT2D eigenvalue weighted by atomic mass is 32.2. The molecular formula is C19H24NO3S2+. The minimum Gasteiger partial charge on any atom is -0.282 e. The molecule has 1 aromatic heterocycles. The average molecular weight is 379 g/mol. The third-order valence-electron chi connectivity index (χ3n) is 4.33. The lowest BCUT2D eigenvalue weighted by atomic mass is 9.97. The van der Waals surface area contributed by atoms with Crippen molar-refractivity contribution >= 4 is 42.4 Å². The van der Waals surface area contributed by atoms with Gasteiger partial charge in [-0.1, -0.05) is 30.7 Å². The second-order valence-electron chi connectivity index (χ2n) is 7.43. The molecule has 0 saturated carbocycles. The molecule has 0 aliphatic rings. The summed E-state index contributed by atoms with van der Waals surface area (Å²) in [5.41, 5.74) is 1.23. The van der Waals surface area contributed by atoms with Crippen LogP contribution in [0, 0.1) is 0 Å². The summed E-state index contributed by atoms with van der Waals surface area (Å²) in [7, 11) is -4.19. The lowest BCUT2D eigenvalue weighted by Crippen LogP contribution is -2.40. The average Bonchev–Trinajstić information content (AvgIpc) is 2.90. The Morgan fingerprint density at radius 1 is 1.16 bits per heavy atom. The molecule has 0 fully saturated rings. The predicted molar refractivity (Wildman–Crippen MR) is 103 cm³/mol. The Morgan fingerprint density at radius 2 is 1.88 bits per heavy atom. The van der Waals surface area contributed by atoms with Crippen molar-refractivity contribution < 1.29 is 17.5 Å². The third-order valence-corrected chi connectivity index (χ3v) is 6.84. The number of nitrogens with zero attached hydrogens (tertiary/aromatic N) is 1. The number of benzene rings is 2. The molecule has 0 spiro atoms. The van der Waals surface area contributed by atoms with Crippen molar-refractivity contribution in [2.75, 3.05) is 0 Å². The first-order chi connectivity index (χ1) is 11.6. The van der Waals surface area contributed by atoms with Gasteiger partial charge < -0.3 is 0 Å². The van der Waals surface area contributed by atoms with Gasteiger partial charge in [-0.05, 0) is 44.4 Å². The molecular weight excluding hydrogens is 354 g/mol. The molecule has 0 bridgehead atoms. The van der Waals surface area contributed by atoms with Crippen molar-refractivity contribution in [1.82, 2.24) is 0 Å². The molecule has 3 rings (SSSR count). The summed E-state index contributed by atoms with van der Waals surface area (Å²) in [5.74, 6) is 0. The van der Waals surface area contributed by atoms with E-state index in [0.717, 1.165) is 30.2 Å². The van der Waals surface area contributed by atoms with Crippen LogP contribution in [0.4, 0.5) is 0 Å². The molecule has 3 aromatic rings. The molecule has 25 heavy (non-hydrogen) atoms. The number of thiazole rings is 1. The van der Waals surface area contributed by atoms with Crippen molar-refractivity contribution in [1.29, 1.82) is 0 Å². The zero-order valence-electron chi connectivity index (χ0n) is 15.0. The van der Waals surface area contributed by atoms with Crippen molar-refractivity contribution in [2.45, 2.75) is 57.4 Å². The summed E-state index contributed by atoms with van der Waals surface area (Å²) in [6, 6.07) is 8.82. The van der Waals surface area contributed by atoms with Gasteiger partial charge in [0.15, 0.2) is 0 Å². The molecule has 6 heteroatoms. The van der Waals surface area contributed by atoms with E-state index in [4.69, 9.17) is 0 Å². The number of rotatable bonds is 4. The maximum Gasteiger partial charge on any atom is 0.294 e. The van der Waals surface area contributed by atoms with Crippen LogP contribution >= 0.6 is 11.3 Å². The zero-order chi connectivity index (χ0) is 18.4. The second-order valence-corrected chi connectivity index (χ2v) is 9.85.